The highest BCUT2D eigenvalue weighted by Crippen LogP contribution is 2.27. The van der Waals surface area contributed by atoms with Crippen LogP contribution in [0.4, 0.5) is 0 Å². The van der Waals surface area contributed by atoms with Gasteiger partial charge in [-0.3, -0.25) is 0 Å². The molecule has 0 saturated carbocycles. The van der Waals surface area contributed by atoms with Crippen molar-refractivity contribution in [3.8, 4) is 0 Å². The molecular formula is C12H19NO5S2. The van der Waals surface area contributed by atoms with Crippen molar-refractivity contribution in [3.63, 3.8) is 0 Å². The predicted octanol–water partition coefficient (Wildman–Crippen LogP) is 1.44. The second kappa shape index (κ2) is 6.66. The summed E-state index contributed by atoms with van der Waals surface area (Å²) in [6.07, 6.45) is 0.280. The fourth-order valence-corrected chi connectivity index (χ4v) is 4.89. The van der Waals surface area contributed by atoms with Crippen molar-refractivity contribution in [3.05, 3.63) is 15.8 Å². The van der Waals surface area contributed by atoms with Gasteiger partial charge in [-0.05, 0) is 30.2 Å². The number of carbonyl (C=O) groups is 1. The Kier molecular flexibility index (Phi) is 5.69. The highest BCUT2D eigenvalue weighted by atomic mass is 32.2. The number of carboxylic acids is 1. The number of sulfonamides is 1. The van der Waals surface area contributed by atoms with Crippen molar-refractivity contribution < 1.29 is 23.4 Å². The van der Waals surface area contributed by atoms with E-state index in [4.69, 9.17) is 10.2 Å². The molecule has 1 aromatic heterocycles. The monoisotopic (exact) mass is 321 g/mol. The molecule has 1 unspecified atom stereocenters. The average molecular weight is 321 g/mol. The Morgan fingerprint density at radius 3 is 2.50 bits per heavy atom. The van der Waals surface area contributed by atoms with E-state index in [2.05, 4.69) is 4.72 Å². The molecule has 20 heavy (non-hydrogen) atoms. The molecule has 0 aliphatic carbocycles. The topological polar surface area (TPSA) is 104 Å². The highest BCUT2D eigenvalue weighted by Gasteiger charge is 2.29. The molecule has 6 nitrogen and oxygen atoms in total. The van der Waals surface area contributed by atoms with E-state index >= 15 is 0 Å². The fraction of sp³-hybridized carbons (Fsp3) is 0.583. The Hall–Kier alpha value is -0.960. The number of rotatable bonds is 7. The molecule has 0 saturated heterocycles. The van der Waals surface area contributed by atoms with Crippen LogP contribution in [0.3, 0.4) is 0 Å². The minimum atomic E-state index is -3.92. The standard InChI is InChI=1S/C12H19NO5S2/c1-7(2)9(4-5-14)13-20(17,18)11-8(3)6-19-10(11)12(15)16/h6-7,9,13-14H,4-5H2,1-3H3,(H,15,16). The molecule has 3 N–H and O–H groups in total. The molecule has 0 amide bonds. The van der Waals surface area contributed by atoms with Gasteiger partial charge in [0.2, 0.25) is 10.0 Å². The van der Waals surface area contributed by atoms with Crippen LogP contribution in [0.2, 0.25) is 0 Å². The lowest BCUT2D eigenvalue weighted by Crippen LogP contribution is -2.39. The van der Waals surface area contributed by atoms with Gasteiger partial charge in [0.05, 0.1) is 0 Å². The summed E-state index contributed by atoms with van der Waals surface area (Å²) in [7, 11) is -3.92. The number of aliphatic hydroxyl groups excluding tert-OH is 1. The van der Waals surface area contributed by atoms with Gasteiger partial charge in [-0.15, -0.1) is 11.3 Å². The molecule has 0 spiro atoms. The minimum Gasteiger partial charge on any atom is -0.477 e. The average Bonchev–Trinajstić information content (AvgIpc) is 2.71. The summed E-state index contributed by atoms with van der Waals surface area (Å²) >= 11 is 0.892. The summed E-state index contributed by atoms with van der Waals surface area (Å²) in [5.41, 5.74) is 0.409. The van der Waals surface area contributed by atoms with E-state index in [0.717, 1.165) is 11.3 Å². The van der Waals surface area contributed by atoms with E-state index < -0.39 is 22.0 Å². The van der Waals surface area contributed by atoms with Gasteiger partial charge in [0.1, 0.15) is 9.77 Å². The zero-order valence-electron chi connectivity index (χ0n) is 11.6. The molecule has 0 aliphatic heterocycles. The lowest BCUT2D eigenvalue weighted by molar-refractivity contribution is 0.0698. The largest absolute Gasteiger partial charge is 0.477 e. The van der Waals surface area contributed by atoms with Crippen LogP contribution in [0.15, 0.2) is 10.3 Å². The van der Waals surface area contributed by atoms with Gasteiger partial charge in [-0.25, -0.2) is 17.9 Å². The van der Waals surface area contributed by atoms with Crippen LogP contribution in [-0.4, -0.2) is 37.2 Å². The van der Waals surface area contributed by atoms with Crippen molar-refractivity contribution in [2.45, 2.75) is 38.1 Å². The summed E-state index contributed by atoms with van der Waals surface area (Å²) in [5, 5.41) is 19.6. The summed E-state index contributed by atoms with van der Waals surface area (Å²) < 4.78 is 27.2. The number of hydrogen-bond donors (Lipinski definition) is 3. The zero-order chi connectivity index (χ0) is 15.5. The van der Waals surface area contributed by atoms with Gasteiger partial charge < -0.3 is 10.2 Å². The summed E-state index contributed by atoms with van der Waals surface area (Å²) in [4.78, 5) is 10.7. The smallest absolute Gasteiger partial charge is 0.347 e. The third kappa shape index (κ3) is 3.78. The van der Waals surface area contributed by atoms with Gasteiger partial charge in [-0.2, -0.15) is 0 Å². The van der Waals surface area contributed by atoms with Crippen LogP contribution < -0.4 is 4.72 Å². The van der Waals surface area contributed by atoms with E-state index in [0.29, 0.717) is 5.56 Å². The molecule has 114 valence electrons. The first kappa shape index (κ1) is 17.1. The van der Waals surface area contributed by atoms with Gasteiger partial charge in [-0.1, -0.05) is 13.8 Å². The van der Waals surface area contributed by atoms with Crippen LogP contribution in [0.25, 0.3) is 0 Å². The molecule has 0 fully saturated rings. The molecule has 1 heterocycles. The number of hydrogen-bond acceptors (Lipinski definition) is 5. The van der Waals surface area contributed by atoms with Crippen molar-refractivity contribution in [1.29, 1.82) is 0 Å². The lowest BCUT2D eigenvalue weighted by Gasteiger charge is -2.21. The third-order valence-corrected chi connectivity index (χ3v) is 5.82. The van der Waals surface area contributed by atoms with Crippen LogP contribution in [-0.2, 0) is 10.0 Å². The van der Waals surface area contributed by atoms with Crippen LogP contribution in [0, 0.1) is 12.8 Å². The van der Waals surface area contributed by atoms with E-state index in [9.17, 15) is 13.2 Å². The number of aryl methyl sites for hydroxylation is 1. The molecular weight excluding hydrogens is 302 g/mol. The Labute approximate surface area is 122 Å². The summed E-state index contributed by atoms with van der Waals surface area (Å²) in [6, 6.07) is -0.439. The molecule has 0 bridgehead atoms. The van der Waals surface area contributed by atoms with Crippen LogP contribution >= 0.6 is 11.3 Å². The first-order chi connectivity index (χ1) is 9.20. The van der Waals surface area contributed by atoms with Crippen molar-refractivity contribution in [1.82, 2.24) is 4.72 Å². The number of aromatic carboxylic acids is 1. The summed E-state index contributed by atoms with van der Waals surface area (Å²) in [6.45, 7) is 5.09. The van der Waals surface area contributed by atoms with Crippen LogP contribution in [0.1, 0.15) is 35.5 Å². The number of carboxylic acid groups (broad SMARTS) is 1. The number of aliphatic hydroxyl groups is 1. The molecule has 1 atom stereocenters. The molecule has 8 heteroatoms. The lowest BCUT2D eigenvalue weighted by atomic mass is 10.0. The van der Waals surface area contributed by atoms with E-state index in [1.165, 1.54) is 5.38 Å². The number of thiophene rings is 1. The maximum atomic E-state index is 12.4. The maximum absolute atomic E-state index is 12.4. The van der Waals surface area contributed by atoms with Crippen LogP contribution in [0.5, 0.6) is 0 Å². The normalized spacial score (nSPS) is 13.7. The van der Waals surface area contributed by atoms with Gasteiger partial charge in [0, 0.05) is 12.6 Å². The first-order valence-electron chi connectivity index (χ1n) is 6.15. The molecule has 0 aromatic carbocycles. The quantitative estimate of drug-likeness (QED) is 0.705. The Bertz CT molecular complexity index is 577. The Balaban J connectivity index is 3.17. The molecule has 1 aromatic rings. The zero-order valence-corrected chi connectivity index (χ0v) is 13.2. The summed E-state index contributed by atoms with van der Waals surface area (Å²) in [5.74, 6) is -1.27. The number of nitrogens with one attached hydrogen (secondary N) is 1. The second-order valence-corrected chi connectivity index (χ2v) is 7.40. The second-order valence-electron chi connectivity index (χ2n) is 4.87. The first-order valence-corrected chi connectivity index (χ1v) is 8.51. The van der Waals surface area contributed by atoms with Crippen molar-refractivity contribution in [2.24, 2.45) is 5.92 Å². The van der Waals surface area contributed by atoms with Crippen molar-refractivity contribution in [2.75, 3.05) is 6.61 Å². The fourth-order valence-electron chi connectivity index (χ4n) is 1.84. The minimum absolute atomic E-state index is 0.0101. The van der Waals surface area contributed by atoms with Crippen molar-refractivity contribution >= 4 is 27.3 Å². The van der Waals surface area contributed by atoms with Gasteiger partial charge in [0.25, 0.3) is 0 Å². The van der Waals surface area contributed by atoms with E-state index in [-0.39, 0.29) is 28.7 Å². The Morgan fingerprint density at radius 1 is 1.45 bits per heavy atom. The third-order valence-electron chi connectivity index (χ3n) is 2.93. The van der Waals surface area contributed by atoms with E-state index in [1.54, 1.807) is 6.92 Å². The molecule has 0 aliphatic rings. The molecule has 1 rings (SSSR count). The Morgan fingerprint density at radius 2 is 2.05 bits per heavy atom. The highest BCUT2D eigenvalue weighted by molar-refractivity contribution is 7.89. The molecule has 0 radical (unpaired) electrons. The van der Waals surface area contributed by atoms with Gasteiger partial charge >= 0.3 is 5.97 Å². The maximum Gasteiger partial charge on any atom is 0.347 e. The predicted molar refractivity (Wildman–Crippen MR) is 76.7 cm³/mol. The van der Waals surface area contributed by atoms with Gasteiger partial charge in [0.15, 0.2) is 0 Å². The van der Waals surface area contributed by atoms with E-state index in [1.807, 2.05) is 13.8 Å². The SMILES string of the molecule is Cc1csc(C(=O)O)c1S(=O)(=O)NC(CCO)C(C)C.